The van der Waals surface area contributed by atoms with Crippen molar-refractivity contribution in [2.24, 2.45) is 0 Å². The third kappa shape index (κ3) is 2.59. The summed E-state index contributed by atoms with van der Waals surface area (Å²) in [6.07, 6.45) is 6.36. The molecule has 3 heterocycles. The molecule has 1 saturated heterocycles. The number of thiazole rings is 1. The highest BCUT2D eigenvalue weighted by molar-refractivity contribution is 7.18. The lowest BCUT2D eigenvalue weighted by Crippen LogP contribution is -2.27. The van der Waals surface area contributed by atoms with Gasteiger partial charge in [-0.2, -0.15) is 5.10 Å². The van der Waals surface area contributed by atoms with E-state index < -0.39 is 0 Å². The van der Waals surface area contributed by atoms with Gasteiger partial charge in [0.15, 0.2) is 0 Å². The number of para-hydroxylation sites is 1. The first-order valence-electron chi connectivity index (χ1n) is 7.47. The molecule has 2 aromatic heterocycles. The van der Waals surface area contributed by atoms with Gasteiger partial charge in [-0.1, -0.05) is 12.1 Å². The zero-order valence-corrected chi connectivity index (χ0v) is 12.7. The van der Waals surface area contributed by atoms with Gasteiger partial charge in [-0.25, -0.2) is 4.98 Å². The number of aromatic nitrogens is 3. The van der Waals surface area contributed by atoms with Gasteiger partial charge >= 0.3 is 0 Å². The summed E-state index contributed by atoms with van der Waals surface area (Å²) in [5, 5.41) is 5.56. The highest BCUT2D eigenvalue weighted by Crippen LogP contribution is 2.36. The van der Waals surface area contributed by atoms with Crippen molar-refractivity contribution in [3.63, 3.8) is 0 Å². The van der Waals surface area contributed by atoms with Crippen molar-refractivity contribution in [3.05, 3.63) is 47.7 Å². The largest absolute Gasteiger partial charge is 0.292 e. The molecule has 0 bridgehead atoms. The van der Waals surface area contributed by atoms with E-state index in [4.69, 9.17) is 4.98 Å². The average molecular weight is 298 g/mol. The summed E-state index contributed by atoms with van der Waals surface area (Å²) in [6.45, 7) is 3.17. The lowest BCUT2D eigenvalue weighted by Gasteiger charge is -2.22. The van der Waals surface area contributed by atoms with Crippen LogP contribution in [0, 0.1) is 0 Å². The molecule has 0 amide bonds. The fourth-order valence-electron chi connectivity index (χ4n) is 3.07. The smallest absolute Gasteiger partial charge is 0.111 e. The van der Waals surface area contributed by atoms with Crippen LogP contribution >= 0.6 is 11.3 Å². The first kappa shape index (κ1) is 13.0. The molecule has 0 aliphatic carbocycles. The summed E-state index contributed by atoms with van der Waals surface area (Å²) < 4.78 is 3.31. The van der Waals surface area contributed by atoms with Gasteiger partial charge in [0.2, 0.25) is 0 Å². The van der Waals surface area contributed by atoms with Crippen molar-refractivity contribution >= 4 is 21.6 Å². The molecule has 1 aliphatic heterocycles. The minimum atomic E-state index is 0.484. The van der Waals surface area contributed by atoms with Crippen LogP contribution in [0.2, 0.25) is 0 Å². The molecule has 5 heteroatoms. The Labute approximate surface area is 128 Å². The maximum absolute atomic E-state index is 4.84. The van der Waals surface area contributed by atoms with E-state index in [1.165, 1.54) is 29.1 Å². The molecular formula is C16H18N4S. The third-order valence-electron chi connectivity index (χ3n) is 4.13. The van der Waals surface area contributed by atoms with Gasteiger partial charge in [0.1, 0.15) is 5.01 Å². The molecular weight excluding hydrogens is 280 g/mol. The number of hydrogen-bond acceptors (Lipinski definition) is 4. The first-order valence-corrected chi connectivity index (χ1v) is 8.29. The van der Waals surface area contributed by atoms with Crippen molar-refractivity contribution in [1.29, 1.82) is 0 Å². The Hall–Kier alpha value is -1.72. The Morgan fingerprint density at radius 3 is 3.00 bits per heavy atom. The minimum Gasteiger partial charge on any atom is -0.292 e. The first-order chi connectivity index (χ1) is 10.4. The van der Waals surface area contributed by atoms with Gasteiger partial charge in [-0.15, -0.1) is 11.3 Å². The molecule has 0 N–H and O–H groups in total. The monoisotopic (exact) mass is 298 g/mol. The molecule has 108 valence electrons. The molecule has 0 saturated carbocycles. The maximum atomic E-state index is 4.84. The van der Waals surface area contributed by atoms with Crippen molar-refractivity contribution in [2.45, 2.75) is 25.4 Å². The van der Waals surface area contributed by atoms with E-state index in [1.807, 2.05) is 34.5 Å². The molecule has 1 atom stereocenters. The summed E-state index contributed by atoms with van der Waals surface area (Å²) >= 11 is 1.85. The Bertz CT molecular complexity index is 686. The van der Waals surface area contributed by atoms with Crippen molar-refractivity contribution < 1.29 is 0 Å². The van der Waals surface area contributed by atoms with E-state index in [1.54, 1.807) is 0 Å². The number of benzene rings is 1. The van der Waals surface area contributed by atoms with Gasteiger partial charge in [0.05, 0.1) is 22.8 Å². The Morgan fingerprint density at radius 1 is 1.19 bits per heavy atom. The van der Waals surface area contributed by atoms with E-state index in [2.05, 4.69) is 34.3 Å². The topological polar surface area (TPSA) is 34.0 Å². The van der Waals surface area contributed by atoms with Gasteiger partial charge in [0, 0.05) is 18.9 Å². The Balaban J connectivity index is 1.52. The van der Waals surface area contributed by atoms with Crippen molar-refractivity contribution in [2.75, 3.05) is 13.1 Å². The molecule has 0 radical (unpaired) electrons. The van der Waals surface area contributed by atoms with Crippen LogP contribution in [0.3, 0.4) is 0 Å². The van der Waals surface area contributed by atoms with Crippen LogP contribution in [-0.4, -0.2) is 32.8 Å². The third-order valence-corrected chi connectivity index (χ3v) is 5.27. The summed E-state index contributed by atoms with van der Waals surface area (Å²) in [7, 11) is 0. The fourth-order valence-corrected chi connectivity index (χ4v) is 4.21. The van der Waals surface area contributed by atoms with Crippen LogP contribution in [0.5, 0.6) is 0 Å². The molecule has 0 spiro atoms. The van der Waals surface area contributed by atoms with E-state index in [9.17, 15) is 0 Å². The number of nitrogens with zero attached hydrogens (tertiary/aromatic N) is 4. The fraction of sp³-hybridized carbons (Fsp3) is 0.375. The number of fused-ring (bicyclic) bond motifs is 1. The summed E-state index contributed by atoms with van der Waals surface area (Å²) in [4.78, 5) is 7.40. The number of rotatable bonds is 4. The number of hydrogen-bond donors (Lipinski definition) is 0. The molecule has 1 fully saturated rings. The lowest BCUT2D eigenvalue weighted by molar-refractivity contribution is 0.242. The zero-order chi connectivity index (χ0) is 14.1. The normalized spacial score (nSPS) is 19.5. The second-order valence-electron chi connectivity index (χ2n) is 5.48. The SMILES string of the molecule is c1ccc2sc(C3CCCN3CCn3cccn3)nc2c1. The van der Waals surface area contributed by atoms with Gasteiger partial charge in [0.25, 0.3) is 0 Å². The van der Waals surface area contributed by atoms with Crippen LogP contribution in [0.15, 0.2) is 42.7 Å². The zero-order valence-electron chi connectivity index (χ0n) is 11.9. The highest BCUT2D eigenvalue weighted by atomic mass is 32.1. The van der Waals surface area contributed by atoms with Crippen molar-refractivity contribution in [1.82, 2.24) is 19.7 Å². The molecule has 4 nitrogen and oxygen atoms in total. The minimum absolute atomic E-state index is 0.484. The summed E-state index contributed by atoms with van der Waals surface area (Å²) in [5.41, 5.74) is 1.14. The summed E-state index contributed by atoms with van der Waals surface area (Å²) in [5.74, 6) is 0. The van der Waals surface area contributed by atoms with Crippen LogP contribution in [0.25, 0.3) is 10.2 Å². The second kappa shape index (κ2) is 5.58. The number of likely N-dealkylation sites (tertiary alicyclic amines) is 1. The molecule has 4 rings (SSSR count). The second-order valence-corrected chi connectivity index (χ2v) is 6.55. The molecule has 1 unspecified atom stereocenters. The molecule has 21 heavy (non-hydrogen) atoms. The van der Waals surface area contributed by atoms with E-state index in [-0.39, 0.29) is 0 Å². The standard InChI is InChI=1S/C16H18N4S/c1-2-7-15-13(5-1)18-16(21-15)14-6-3-9-19(14)11-12-20-10-4-8-17-20/h1-2,4-5,7-8,10,14H,3,6,9,11-12H2. The molecule has 1 aliphatic rings. The van der Waals surface area contributed by atoms with Crippen molar-refractivity contribution in [3.8, 4) is 0 Å². The predicted octanol–water partition coefficient (Wildman–Crippen LogP) is 3.33. The van der Waals surface area contributed by atoms with Gasteiger partial charge < -0.3 is 0 Å². The van der Waals surface area contributed by atoms with Crippen LogP contribution < -0.4 is 0 Å². The lowest BCUT2D eigenvalue weighted by atomic mass is 10.2. The Kier molecular flexibility index (Phi) is 3.45. The quantitative estimate of drug-likeness (QED) is 0.741. The predicted molar refractivity (Wildman–Crippen MR) is 85.4 cm³/mol. The highest BCUT2D eigenvalue weighted by Gasteiger charge is 2.28. The Morgan fingerprint density at radius 2 is 2.14 bits per heavy atom. The molecule has 3 aromatic rings. The molecule has 1 aromatic carbocycles. The van der Waals surface area contributed by atoms with Crippen LogP contribution in [0.1, 0.15) is 23.9 Å². The van der Waals surface area contributed by atoms with Gasteiger partial charge in [-0.05, 0) is 37.6 Å². The van der Waals surface area contributed by atoms with E-state index in [0.29, 0.717) is 6.04 Å². The van der Waals surface area contributed by atoms with Crippen LogP contribution in [0.4, 0.5) is 0 Å². The van der Waals surface area contributed by atoms with E-state index in [0.717, 1.165) is 18.6 Å². The maximum Gasteiger partial charge on any atom is 0.111 e. The average Bonchev–Trinajstić information content (AvgIpc) is 3.24. The van der Waals surface area contributed by atoms with E-state index >= 15 is 0 Å². The van der Waals surface area contributed by atoms with Gasteiger partial charge in [-0.3, -0.25) is 9.58 Å². The van der Waals surface area contributed by atoms with Crippen LogP contribution in [-0.2, 0) is 6.54 Å². The summed E-state index contributed by atoms with van der Waals surface area (Å²) in [6, 6.07) is 10.9.